The molecule has 6 nitrogen and oxygen atoms in total. The smallest absolute Gasteiger partial charge is 0.236 e. The summed E-state index contributed by atoms with van der Waals surface area (Å²) in [7, 11) is 0. The van der Waals surface area contributed by atoms with Gasteiger partial charge in [-0.3, -0.25) is 4.79 Å². The number of nitrogens with zero attached hydrogens (tertiary/aromatic N) is 4. The number of hydrogen-bond acceptors (Lipinski definition) is 4. The van der Waals surface area contributed by atoms with Crippen LogP contribution in [0.1, 0.15) is 37.3 Å². The molecule has 3 rings (SSSR count). The summed E-state index contributed by atoms with van der Waals surface area (Å²) in [6, 6.07) is 0. The van der Waals surface area contributed by atoms with Crippen LogP contribution in [0.3, 0.4) is 0 Å². The van der Waals surface area contributed by atoms with Crippen molar-refractivity contribution in [1.82, 2.24) is 25.0 Å². The zero-order chi connectivity index (χ0) is 15.5. The molecule has 1 aliphatic heterocycles. The van der Waals surface area contributed by atoms with E-state index in [0.29, 0.717) is 12.5 Å². The van der Waals surface area contributed by atoms with Crippen molar-refractivity contribution in [3.05, 3.63) is 11.6 Å². The summed E-state index contributed by atoms with van der Waals surface area (Å²) in [6.45, 7) is 8.02. The van der Waals surface area contributed by atoms with E-state index in [-0.39, 0.29) is 5.91 Å². The maximum Gasteiger partial charge on any atom is 0.236 e. The quantitative estimate of drug-likeness (QED) is 0.856. The fraction of sp³-hybridized carbons (Fsp3) is 0.812. The highest BCUT2D eigenvalue weighted by Gasteiger charge is 2.25. The van der Waals surface area contributed by atoms with Crippen LogP contribution in [0.4, 0.5) is 0 Å². The first-order valence-electron chi connectivity index (χ1n) is 8.48. The molecule has 22 heavy (non-hydrogen) atoms. The maximum atomic E-state index is 12.3. The molecule has 1 atom stereocenters. The number of aromatic nitrogens is 3. The molecular weight excluding hydrogens is 278 g/mol. The normalized spacial score (nSPS) is 22.1. The van der Waals surface area contributed by atoms with Gasteiger partial charge in [-0.05, 0) is 57.9 Å². The summed E-state index contributed by atoms with van der Waals surface area (Å²) in [4.78, 5) is 18.7. The molecule has 2 fully saturated rings. The van der Waals surface area contributed by atoms with E-state index in [4.69, 9.17) is 0 Å². The van der Waals surface area contributed by atoms with E-state index in [1.165, 1.54) is 12.8 Å². The summed E-state index contributed by atoms with van der Waals surface area (Å²) in [5.74, 6) is 3.34. The monoisotopic (exact) mass is 305 g/mol. The van der Waals surface area contributed by atoms with Crippen LogP contribution < -0.4 is 5.32 Å². The van der Waals surface area contributed by atoms with Crippen molar-refractivity contribution in [1.29, 1.82) is 0 Å². The van der Waals surface area contributed by atoms with E-state index in [0.717, 1.165) is 56.6 Å². The minimum Gasteiger partial charge on any atom is -0.341 e. The molecule has 6 heteroatoms. The van der Waals surface area contributed by atoms with Gasteiger partial charge in [-0.25, -0.2) is 9.67 Å². The number of carbonyl (C=O) groups excluding carboxylic acids is 1. The predicted octanol–water partition coefficient (Wildman–Crippen LogP) is 1.13. The standard InChI is InChI=1S/C16H27N5O/c1-12-18-13(2)21(19-12)11-15-4-3-7-20(10-15)16(22)9-17-8-14-5-6-14/h14-15,17H,3-11H2,1-2H3. The Morgan fingerprint density at radius 2 is 2.09 bits per heavy atom. The molecule has 0 radical (unpaired) electrons. The summed E-state index contributed by atoms with van der Waals surface area (Å²) in [5, 5.41) is 7.74. The van der Waals surface area contributed by atoms with Gasteiger partial charge in [0, 0.05) is 19.6 Å². The van der Waals surface area contributed by atoms with Crippen LogP contribution in [-0.2, 0) is 11.3 Å². The topological polar surface area (TPSA) is 63.1 Å². The third-order valence-corrected chi connectivity index (χ3v) is 4.67. The highest BCUT2D eigenvalue weighted by molar-refractivity contribution is 5.78. The Labute approximate surface area is 132 Å². The highest BCUT2D eigenvalue weighted by atomic mass is 16.2. The fourth-order valence-corrected chi connectivity index (χ4v) is 3.24. The number of amides is 1. The molecule has 2 heterocycles. The third kappa shape index (κ3) is 4.06. The van der Waals surface area contributed by atoms with Gasteiger partial charge >= 0.3 is 0 Å². The van der Waals surface area contributed by atoms with E-state index in [9.17, 15) is 4.79 Å². The molecule has 1 aliphatic carbocycles. The predicted molar refractivity (Wildman–Crippen MR) is 84.4 cm³/mol. The lowest BCUT2D eigenvalue weighted by atomic mass is 9.98. The second-order valence-electron chi connectivity index (χ2n) is 6.81. The van der Waals surface area contributed by atoms with Gasteiger partial charge in [0.05, 0.1) is 6.54 Å². The number of aryl methyl sites for hydroxylation is 2. The van der Waals surface area contributed by atoms with Crippen LogP contribution in [-0.4, -0.2) is 51.8 Å². The number of carbonyl (C=O) groups is 1. The van der Waals surface area contributed by atoms with Crippen molar-refractivity contribution in [3.63, 3.8) is 0 Å². The average molecular weight is 305 g/mol. The average Bonchev–Trinajstić information content (AvgIpc) is 3.25. The summed E-state index contributed by atoms with van der Waals surface area (Å²) < 4.78 is 1.99. The highest BCUT2D eigenvalue weighted by Crippen LogP contribution is 2.27. The summed E-state index contributed by atoms with van der Waals surface area (Å²) >= 11 is 0. The number of piperidine rings is 1. The number of hydrogen-bond donors (Lipinski definition) is 1. The molecule has 1 saturated heterocycles. The summed E-state index contributed by atoms with van der Waals surface area (Å²) in [6.07, 6.45) is 4.90. The van der Waals surface area contributed by atoms with E-state index in [1.54, 1.807) is 0 Å². The van der Waals surface area contributed by atoms with Gasteiger partial charge in [0.25, 0.3) is 0 Å². The number of likely N-dealkylation sites (tertiary alicyclic amines) is 1. The maximum absolute atomic E-state index is 12.3. The number of nitrogens with one attached hydrogen (secondary N) is 1. The Morgan fingerprint density at radius 1 is 1.27 bits per heavy atom. The first kappa shape index (κ1) is 15.5. The molecule has 1 saturated carbocycles. The van der Waals surface area contributed by atoms with E-state index >= 15 is 0 Å². The first-order valence-corrected chi connectivity index (χ1v) is 8.48. The lowest BCUT2D eigenvalue weighted by Gasteiger charge is -2.33. The van der Waals surface area contributed by atoms with Gasteiger partial charge in [-0.15, -0.1) is 0 Å². The summed E-state index contributed by atoms with van der Waals surface area (Å²) in [5.41, 5.74) is 0. The third-order valence-electron chi connectivity index (χ3n) is 4.67. The van der Waals surface area contributed by atoms with Crippen LogP contribution >= 0.6 is 0 Å². The van der Waals surface area contributed by atoms with Gasteiger partial charge in [0.2, 0.25) is 5.91 Å². The van der Waals surface area contributed by atoms with Crippen LogP contribution in [0.5, 0.6) is 0 Å². The molecule has 0 aromatic carbocycles. The Balaban J connectivity index is 1.47. The molecule has 0 spiro atoms. The molecule has 1 aromatic rings. The fourth-order valence-electron chi connectivity index (χ4n) is 3.24. The SMILES string of the molecule is Cc1nc(C)n(CC2CCCN(C(=O)CNCC3CC3)C2)n1. The molecule has 1 unspecified atom stereocenters. The van der Waals surface area contributed by atoms with Gasteiger partial charge in [0.15, 0.2) is 0 Å². The Morgan fingerprint density at radius 3 is 2.77 bits per heavy atom. The molecule has 1 amide bonds. The number of rotatable bonds is 6. The van der Waals surface area contributed by atoms with Crippen molar-refractivity contribution in [3.8, 4) is 0 Å². The molecule has 122 valence electrons. The van der Waals surface area contributed by atoms with Crippen LogP contribution in [0.25, 0.3) is 0 Å². The minimum atomic E-state index is 0.247. The van der Waals surface area contributed by atoms with E-state index in [2.05, 4.69) is 15.4 Å². The molecule has 1 N–H and O–H groups in total. The van der Waals surface area contributed by atoms with Crippen molar-refractivity contribution >= 4 is 5.91 Å². The molecule has 0 bridgehead atoms. The van der Waals surface area contributed by atoms with Gasteiger partial charge in [-0.2, -0.15) is 5.10 Å². The minimum absolute atomic E-state index is 0.247. The second-order valence-corrected chi connectivity index (χ2v) is 6.81. The van der Waals surface area contributed by atoms with Crippen LogP contribution in [0, 0.1) is 25.7 Å². The van der Waals surface area contributed by atoms with E-state index in [1.807, 2.05) is 23.4 Å². The molecular formula is C16H27N5O. The van der Waals surface area contributed by atoms with Crippen molar-refractivity contribution in [2.75, 3.05) is 26.2 Å². The lowest BCUT2D eigenvalue weighted by Crippen LogP contribution is -2.45. The first-order chi connectivity index (χ1) is 10.6. The molecule has 2 aliphatic rings. The Hall–Kier alpha value is -1.43. The van der Waals surface area contributed by atoms with Crippen molar-refractivity contribution in [2.24, 2.45) is 11.8 Å². The zero-order valence-corrected chi connectivity index (χ0v) is 13.7. The van der Waals surface area contributed by atoms with Crippen LogP contribution in [0.2, 0.25) is 0 Å². The van der Waals surface area contributed by atoms with Crippen LogP contribution in [0.15, 0.2) is 0 Å². The Kier molecular flexibility index (Phi) is 4.76. The van der Waals surface area contributed by atoms with E-state index < -0.39 is 0 Å². The van der Waals surface area contributed by atoms with Crippen molar-refractivity contribution < 1.29 is 4.79 Å². The zero-order valence-electron chi connectivity index (χ0n) is 13.7. The van der Waals surface area contributed by atoms with Gasteiger partial charge < -0.3 is 10.2 Å². The lowest BCUT2D eigenvalue weighted by molar-refractivity contribution is -0.132. The largest absolute Gasteiger partial charge is 0.341 e. The van der Waals surface area contributed by atoms with Gasteiger partial charge in [-0.1, -0.05) is 0 Å². The van der Waals surface area contributed by atoms with Gasteiger partial charge in [0.1, 0.15) is 11.6 Å². The second kappa shape index (κ2) is 6.77. The van der Waals surface area contributed by atoms with Crippen molar-refractivity contribution in [2.45, 2.75) is 46.1 Å². The Bertz CT molecular complexity index is 523. The molecule has 1 aromatic heterocycles.